The molecular formula is C19H25ClN4O4S. The molecule has 0 radical (unpaired) electrons. The van der Waals surface area contributed by atoms with Gasteiger partial charge in [-0.05, 0) is 38.3 Å². The van der Waals surface area contributed by atoms with Gasteiger partial charge in [-0.3, -0.25) is 9.59 Å². The number of nitrogens with one attached hydrogen (secondary N) is 2. The molecular weight excluding hydrogens is 416 g/mol. The maximum absolute atomic E-state index is 12.7. The van der Waals surface area contributed by atoms with E-state index < -0.39 is 22.0 Å². The van der Waals surface area contributed by atoms with Gasteiger partial charge in [-0.15, -0.1) is 4.40 Å². The van der Waals surface area contributed by atoms with Crippen molar-refractivity contribution in [3.8, 4) is 0 Å². The normalized spacial score (nSPS) is 18.6. The highest BCUT2D eigenvalue weighted by molar-refractivity contribution is 7.90. The molecule has 0 saturated carbocycles. The van der Waals surface area contributed by atoms with Crippen molar-refractivity contribution in [3.63, 3.8) is 0 Å². The summed E-state index contributed by atoms with van der Waals surface area (Å²) in [5.41, 5.74) is 0.449. The molecule has 0 spiro atoms. The summed E-state index contributed by atoms with van der Waals surface area (Å²) >= 11 is 6.35. The van der Waals surface area contributed by atoms with Crippen LogP contribution in [-0.2, 0) is 14.8 Å². The Labute approximate surface area is 175 Å². The quantitative estimate of drug-likeness (QED) is 0.731. The summed E-state index contributed by atoms with van der Waals surface area (Å²) in [4.78, 5) is 26.5. The van der Waals surface area contributed by atoms with E-state index in [0.717, 1.165) is 25.7 Å². The van der Waals surface area contributed by atoms with Gasteiger partial charge >= 0.3 is 0 Å². The summed E-state index contributed by atoms with van der Waals surface area (Å²) in [6.45, 7) is 4.64. The summed E-state index contributed by atoms with van der Waals surface area (Å²) in [6, 6.07) is 1.97. The van der Waals surface area contributed by atoms with Gasteiger partial charge in [0.05, 0.1) is 16.3 Å². The number of hydrogen-bond acceptors (Lipinski definition) is 5. The van der Waals surface area contributed by atoms with Gasteiger partial charge in [0.25, 0.3) is 15.9 Å². The molecule has 0 aliphatic carbocycles. The maximum atomic E-state index is 12.7. The predicted octanol–water partition coefficient (Wildman–Crippen LogP) is 2.47. The van der Waals surface area contributed by atoms with Gasteiger partial charge in [-0.1, -0.05) is 24.9 Å². The van der Waals surface area contributed by atoms with Gasteiger partial charge in [0.15, 0.2) is 0 Å². The summed E-state index contributed by atoms with van der Waals surface area (Å²) in [5, 5.41) is 5.39. The fraction of sp³-hybridized carbons (Fsp3) is 0.526. The molecule has 10 heteroatoms. The van der Waals surface area contributed by atoms with E-state index in [1.807, 2.05) is 11.8 Å². The topological polar surface area (TPSA) is 108 Å². The number of anilines is 1. The van der Waals surface area contributed by atoms with Crippen molar-refractivity contribution in [3.05, 3.63) is 22.7 Å². The highest BCUT2D eigenvalue weighted by Gasteiger charge is 2.33. The van der Waals surface area contributed by atoms with Crippen LogP contribution in [0.5, 0.6) is 0 Å². The predicted molar refractivity (Wildman–Crippen MR) is 112 cm³/mol. The number of fused-ring (bicyclic) bond motifs is 3. The van der Waals surface area contributed by atoms with E-state index in [9.17, 15) is 18.0 Å². The molecule has 1 fully saturated rings. The van der Waals surface area contributed by atoms with Crippen molar-refractivity contribution in [2.24, 2.45) is 4.40 Å². The van der Waals surface area contributed by atoms with Crippen molar-refractivity contribution in [2.75, 3.05) is 18.0 Å². The van der Waals surface area contributed by atoms with E-state index >= 15 is 0 Å². The SMILES string of the molecule is CCCNC(=O)[C@@H](C)NC(=O)c1cc2c(cc1Cl)N1CCCCCC1=NS2(=O)=O. The minimum atomic E-state index is -3.93. The molecule has 158 valence electrons. The second kappa shape index (κ2) is 8.71. The number of carbonyl (C=O) groups excluding carboxylic acids is 2. The molecule has 2 aliphatic rings. The monoisotopic (exact) mass is 440 g/mol. The van der Waals surface area contributed by atoms with Crippen molar-refractivity contribution < 1.29 is 18.0 Å². The minimum absolute atomic E-state index is 0.00222. The van der Waals surface area contributed by atoms with Crippen molar-refractivity contribution in [1.82, 2.24) is 10.6 Å². The fourth-order valence-corrected chi connectivity index (χ4v) is 4.92. The van der Waals surface area contributed by atoms with E-state index in [-0.39, 0.29) is 21.4 Å². The van der Waals surface area contributed by atoms with Crippen LogP contribution in [-0.4, -0.2) is 45.2 Å². The Morgan fingerprint density at radius 3 is 2.76 bits per heavy atom. The lowest BCUT2D eigenvalue weighted by Gasteiger charge is -2.30. The van der Waals surface area contributed by atoms with Crippen LogP contribution < -0.4 is 15.5 Å². The van der Waals surface area contributed by atoms with E-state index in [2.05, 4.69) is 15.0 Å². The Morgan fingerprint density at radius 2 is 2.03 bits per heavy atom. The number of benzene rings is 1. The Kier molecular flexibility index (Phi) is 6.48. The molecule has 1 atom stereocenters. The second-order valence-electron chi connectivity index (χ2n) is 7.23. The first kappa shape index (κ1) is 21.6. The molecule has 2 aliphatic heterocycles. The molecule has 2 amide bonds. The molecule has 3 rings (SSSR count). The number of hydrogen-bond donors (Lipinski definition) is 2. The standard InChI is InChI=1S/C19H25ClN4O4S/c1-3-8-21-18(25)12(2)22-19(26)13-10-16-15(11-14(13)20)24-9-6-4-5-7-17(24)23-29(16,27)28/h10-12H,3-9H2,1-2H3,(H,21,25)(H,22,26)/t12-/m1/s1. The summed E-state index contributed by atoms with van der Waals surface area (Å²) in [6.07, 6.45) is 4.16. The molecule has 1 aromatic rings. The fourth-order valence-electron chi connectivity index (χ4n) is 3.41. The van der Waals surface area contributed by atoms with Gasteiger partial charge < -0.3 is 15.5 Å². The summed E-state index contributed by atoms with van der Waals surface area (Å²) in [5.74, 6) is -0.414. The summed E-state index contributed by atoms with van der Waals surface area (Å²) < 4.78 is 29.4. The molecule has 1 saturated heterocycles. The van der Waals surface area contributed by atoms with Crippen LogP contribution in [0.2, 0.25) is 5.02 Å². The van der Waals surface area contributed by atoms with Crippen molar-refractivity contribution in [2.45, 2.75) is 56.9 Å². The second-order valence-corrected chi connectivity index (χ2v) is 9.21. The average Bonchev–Trinajstić information content (AvgIpc) is 2.90. The van der Waals surface area contributed by atoms with Crippen LogP contribution in [0.4, 0.5) is 5.69 Å². The smallest absolute Gasteiger partial charge is 0.286 e. The first-order chi connectivity index (χ1) is 13.7. The Morgan fingerprint density at radius 1 is 1.28 bits per heavy atom. The lowest BCUT2D eigenvalue weighted by molar-refractivity contribution is -0.122. The van der Waals surface area contributed by atoms with E-state index in [0.29, 0.717) is 31.0 Å². The molecule has 0 bridgehead atoms. The zero-order valence-corrected chi connectivity index (χ0v) is 18.1. The number of amidine groups is 1. The third-order valence-electron chi connectivity index (χ3n) is 4.97. The van der Waals surface area contributed by atoms with E-state index in [1.54, 1.807) is 6.92 Å². The van der Waals surface area contributed by atoms with Gasteiger partial charge in [0.2, 0.25) is 5.91 Å². The molecule has 1 aromatic carbocycles. The maximum Gasteiger partial charge on any atom is 0.286 e. The van der Waals surface area contributed by atoms with Gasteiger partial charge in [-0.2, -0.15) is 8.42 Å². The van der Waals surface area contributed by atoms with Crippen LogP contribution in [0.15, 0.2) is 21.4 Å². The Hall–Kier alpha value is -2.13. The lowest BCUT2D eigenvalue weighted by Crippen LogP contribution is -2.45. The summed E-state index contributed by atoms with van der Waals surface area (Å²) in [7, 11) is -3.93. The molecule has 29 heavy (non-hydrogen) atoms. The lowest BCUT2D eigenvalue weighted by atomic mass is 10.1. The molecule has 2 heterocycles. The molecule has 2 N–H and O–H groups in total. The van der Waals surface area contributed by atoms with E-state index in [4.69, 9.17) is 11.6 Å². The minimum Gasteiger partial charge on any atom is -0.354 e. The number of sulfonamides is 1. The highest BCUT2D eigenvalue weighted by Crippen LogP contribution is 2.37. The number of amides is 2. The third kappa shape index (κ3) is 4.56. The molecule has 0 aromatic heterocycles. The van der Waals surface area contributed by atoms with Gasteiger partial charge in [0, 0.05) is 19.5 Å². The van der Waals surface area contributed by atoms with E-state index in [1.165, 1.54) is 12.1 Å². The van der Waals surface area contributed by atoms with Gasteiger partial charge in [-0.25, -0.2) is 0 Å². The van der Waals surface area contributed by atoms with Crippen LogP contribution in [0.3, 0.4) is 0 Å². The molecule has 8 nitrogen and oxygen atoms in total. The average molecular weight is 441 g/mol. The number of halogens is 1. The van der Waals surface area contributed by atoms with Crippen LogP contribution >= 0.6 is 11.6 Å². The first-order valence-electron chi connectivity index (χ1n) is 9.78. The van der Waals surface area contributed by atoms with Crippen LogP contribution in [0.25, 0.3) is 0 Å². The zero-order valence-electron chi connectivity index (χ0n) is 16.5. The van der Waals surface area contributed by atoms with Crippen molar-refractivity contribution in [1.29, 1.82) is 0 Å². The number of nitrogens with zero attached hydrogens (tertiary/aromatic N) is 2. The first-order valence-corrected chi connectivity index (χ1v) is 11.6. The third-order valence-corrected chi connectivity index (χ3v) is 6.62. The Balaban J connectivity index is 1.91. The van der Waals surface area contributed by atoms with Gasteiger partial charge in [0.1, 0.15) is 16.8 Å². The van der Waals surface area contributed by atoms with Crippen LogP contribution in [0, 0.1) is 0 Å². The number of rotatable bonds is 5. The largest absolute Gasteiger partial charge is 0.354 e. The molecule has 0 unspecified atom stereocenters. The Bertz CT molecular complexity index is 961. The number of carbonyl (C=O) groups is 2. The highest BCUT2D eigenvalue weighted by atomic mass is 35.5. The zero-order chi connectivity index (χ0) is 21.2. The van der Waals surface area contributed by atoms with Crippen LogP contribution in [0.1, 0.15) is 56.3 Å². The van der Waals surface area contributed by atoms with Crippen molar-refractivity contribution >= 4 is 45.0 Å².